The number of H-pyrrole nitrogens is 1. The average molecular weight is 505 g/mol. The van der Waals surface area contributed by atoms with Crippen LogP contribution in [-0.2, 0) is 12.8 Å². The molecule has 0 fully saturated rings. The molecule has 0 radical (unpaired) electrons. The Bertz CT molecular complexity index is 1340. The molecule has 0 amide bonds. The molecule has 4 rings (SSSR count). The highest BCUT2D eigenvalue weighted by molar-refractivity contribution is 6.30. The van der Waals surface area contributed by atoms with Gasteiger partial charge in [-0.2, -0.15) is 18.3 Å². The highest BCUT2D eigenvalue weighted by Crippen LogP contribution is 2.45. The summed E-state index contributed by atoms with van der Waals surface area (Å²) in [5.41, 5.74) is -0.227. The van der Waals surface area contributed by atoms with Gasteiger partial charge >= 0.3 is 6.18 Å². The van der Waals surface area contributed by atoms with Gasteiger partial charge in [0.2, 0.25) is 0 Å². The maximum absolute atomic E-state index is 13.8. The number of hydrogen-bond acceptors (Lipinski definition) is 5. The number of aromatic hydroxyl groups is 1. The van der Waals surface area contributed by atoms with E-state index in [1.54, 1.807) is 30.3 Å². The Balaban J connectivity index is 1.72. The molecule has 2 N–H and O–H groups in total. The molecular formula is C25H20ClF3N2O4. The van der Waals surface area contributed by atoms with Crippen molar-refractivity contribution < 1.29 is 32.5 Å². The van der Waals surface area contributed by atoms with Crippen LogP contribution in [0.15, 0.2) is 60.7 Å². The van der Waals surface area contributed by atoms with E-state index in [1.807, 2.05) is 0 Å². The van der Waals surface area contributed by atoms with Crippen LogP contribution in [0.5, 0.6) is 23.0 Å². The summed E-state index contributed by atoms with van der Waals surface area (Å²) in [4.78, 5) is 0. The number of ether oxygens (including phenoxy) is 3. The summed E-state index contributed by atoms with van der Waals surface area (Å²) < 4.78 is 57.6. The third-order valence-electron chi connectivity index (χ3n) is 5.27. The standard InChI is InChI=1S/C25H20ClF3N2O4/c1-33-20-10-5-15(11-21(20)34-2)22-23(30-31-24(22)25(27,28)29)18-9-8-17(12-19(18)32)35-13-14-3-6-16(26)7-4-14/h3-12,32H,13H2,1-2H3,(H,30,31). The normalized spacial score (nSPS) is 11.4. The Morgan fingerprint density at radius 2 is 1.66 bits per heavy atom. The van der Waals surface area contributed by atoms with Crippen LogP contribution >= 0.6 is 11.6 Å². The number of nitrogens with zero attached hydrogens (tertiary/aromatic N) is 1. The van der Waals surface area contributed by atoms with Crippen molar-refractivity contribution in [3.63, 3.8) is 0 Å². The first kappa shape index (κ1) is 24.3. The van der Waals surface area contributed by atoms with E-state index in [2.05, 4.69) is 10.2 Å². The molecule has 4 aromatic rings. The molecule has 1 heterocycles. The van der Waals surface area contributed by atoms with Crippen LogP contribution in [0.25, 0.3) is 22.4 Å². The smallest absolute Gasteiger partial charge is 0.433 e. The number of methoxy groups -OCH3 is 2. The lowest BCUT2D eigenvalue weighted by molar-refractivity contribution is -0.140. The number of aromatic nitrogens is 2. The summed E-state index contributed by atoms with van der Waals surface area (Å²) in [5, 5.41) is 17.2. The van der Waals surface area contributed by atoms with Crippen LogP contribution in [0.2, 0.25) is 5.02 Å². The van der Waals surface area contributed by atoms with E-state index in [1.165, 1.54) is 44.6 Å². The maximum Gasteiger partial charge on any atom is 0.433 e. The number of nitrogens with one attached hydrogen (secondary N) is 1. The molecular weight excluding hydrogens is 485 g/mol. The van der Waals surface area contributed by atoms with Crippen LogP contribution in [0, 0.1) is 0 Å². The second-order valence-electron chi connectivity index (χ2n) is 7.48. The van der Waals surface area contributed by atoms with Crippen molar-refractivity contribution in [1.82, 2.24) is 10.2 Å². The van der Waals surface area contributed by atoms with Crippen LogP contribution in [0.4, 0.5) is 13.2 Å². The predicted octanol–water partition coefficient (Wildman–Crippen LogP) is 6.72. The lowest BCUT2D eigenvalue weighted by atomic mass is 9.97. The van der Waals surface area contributed by atoms with Crippen molar-refractivity contribution in [1.29, 1.82) is 0 Å². The lowest BCUT2D eigenvalue weighted by Crippen LogP contribution is -2.07. The molecule has 0 aliphatic carbocycles. The van der Waals surface area contributed by atoms with Crippen molar-refractivity contribution >= 4 is 11.6 Å². The molecule has 1 aromatic heterocycles. The second kappa shape index (κ2) is 9.79. The summed E-state index contributed by atoms with van der Waals surface area (Å²) >= 11 is 5.88. The Morgan fingerprint density at radius 1 is 0.943 bits per heavy atom. The summed E-state index contributed by atoms with van der Waals surface area (Å²) in [6.45, 7) is 0.216. The van der Waals surface area contributed by atoms with Crippen molar-refractivity contribution in [2.24, 2.45) is 0 Å². The van der Waals surface area contributed by atoms with Crippen LogP contribution < -0.4 is 14.2 Å². The molecule has 6 nitrogen and oxygen atoms in total. The van der Waals surface area contributed by atoms with Crippen molar-refractivity contribution in [2.75, 3.05) is 14.2 Å². The molecule has 182 valence electrons. The number of phenolic OH excluding ortho intramolecular Hbond substituents is 1. The molecule has 0 aliphatic rings. The number of rotatable bonds is 7. The minimum atomic E-state index is -4.72. The van der Waals surface area contributed by atoms with Gasteiger partial charge in [-0.3, -0.25) is 5.10 Å². The molecule has 0 unspecified atom stereocenters. The Labute approximate surface area is 203 Å². The van der Waals surface area contributed by atoms with Gasteiger partial charge in [0.1, 0.15) is 29.5 Å². The van der Waals surface area contributed by atoms with Gasteiger partial charge in [0, 0.05) is 22.2 Å². The lowest BCUT2D eigenvalue weighted by Gasteiger charge is -2.13. The number of phenols is 1. The van der Waals surface area contributed by atoms with E-state index < -0.39 is 11.9 Å². The number of hydrogen-bond donors (Lipinski definition) is 2. The molecule has 0 aliphatic heterocycles. The van der Waals surface area contributed by atoms with E-state index in [0.29, 0.717) is 16.5 Å². The molecule has 0 saturated carbocycles. The van der Waals surface area contributed by atoms with Gasteiger partial charge in [-0.1, -0.05) is 29.8 Å². The quantitative estimate of drug-likeness (QED) is 0.292. The van der Waals surface area contributed by atoms with Crippen LogP contribution in [0.1, 0.15) is 11.3 Å². The summed E-state index contributed by atoms with van der Waals surface area (Å²) in [5.74, 6) is 0.654. The summed E-state index contributed by atoms with van der Waals surface area (Å²) in [7, 11) is 2.81. The Hall–Kier alpha value is -3.85. The first-order valence-corrected chi connectivity index (χ1v) is 10.7. The van der Waals surface area contributed by atoms with Crippen molar-refractivity contribution in [3.8, 4) is 45.4 Å². The molecule has 3 aromatic carbocycles. The molecule has 10 heteroatoms. The van der Waals surface area contributed by atoms with E-state index in [-0.39, 0.29) is 40.5 Å². The topological polar surface area (TPSA) is 76.6 Å². The van der Waals surface area contributed by atoms with Crippen molar-refractivity contribution in [3.05, 3.63) is 76.9 Å². The van der Waals surface area contributed by atoms with E-state index in [0.717, 1.165) is 5.56 Å². The largest absolute Gasteiger partial charge is 0.507 e. The molecule has 0 atom stereocenters. The van der Waals surface area contributed by atoms with E-state index >= 15 is 0 Å². The number of benzene rings is 3. The van der Waals surface area contributed by atoms with Gasteiger partial charge in [0.15, 0.2) is 11.5 Å². The van der Waals surface area contributed by atoms with Gasteiger partial charge in [-0.05, 0) is 47.5 Å². The summed E-state index contributed by atoms with van der Waals surface area (Å²) in [6.07, 6.45) is -4.72. The minimum absolute atomic E-state index is 0.0775. The Kier molecular flexibility index (Phi) is 6.79. The fourth-order valence-corrected chi connectivity index (χ4v) is 3.69. The SMILES string of the molecule is COc1ccc(-c2c(-c3ccc(OCc4ccc(Cl)cc4)cc3O)n[nH]c2C(F)(F)F)cc1OC. The molecule has 0 saturated heterocycles. The molecule has 35 heavy (non-hydrogen) atoms. The highest BCUT2D eigenvalue weighted by atomic mass is 35.5. The fraction of sp³-hybridized carbons (Fsp3) is 0.160. The van der Waals surface area contributed by atoms with Gasteiger partial charge in [-0.25, -0.2) is 0 Å². The monoisotopic (exact) mass is 504 g/mol. The van der Waals surface area contributed by atoms with Gasteiger partial charge < -0.3 is 19.3 Å². The first-order chi connectivity index (χ1) is 16.7. The zero-order chi connectivity index (χ0) is 25.2. The van der Waals surface area contributed by atoms with Gasteiger partial charge in [0.05, 0.1) is 14.2 Å². The number of alkyl halides is 3. The van der Waals surface area contributed by atoms with Gasteiger partial charge in [-0.15, -0.1) is 0 Å². The zero-order valence-electron chi connectivity index (χ0n) is 18.6. The predicted molar refractivity (Wildman–Crippen MR) is 125 cm³/mol. The summed E-state index contributed by atoms with van der Waals surface area (Å²) in [6, 6.07) is 15.8. The fourth-order valence-electron chi connectivity index (χ4n) is 3.56. The minimum Gasteiger partial charge on any atom is -0.507 e. The van der Waals surface area contributed by atoms with E-state index in [4.69, 9.17) is 25.8 Å². The third-order valence-corrected chi connectivity index (χ3v) is 5.52. The maximum atomic E-state index is 13.8. The van der Waals surface area contributed by atoms with Crippen molar-refractivity contribution in [2.45, 2.75) is 12.8 Å². The van der Waals surface area contributed by atoms with Crippen LogP contribution in [-0.4, -0.2) is 29.5 Å². The first-order valence-electron chi connectivity index (χ1n) is 10.3. The second-order valence-corrected chi connectivity index (χ2v) is 7.92. The molecule has 0 bridgehead atoms. The van der Waals surface area contributed by atoms with Gasteiger partial charge in [0.25, 0.3) is 0 Å². The van der Waals surface area contributed by atoms with E-state index in [9.17, 15) is 18.3 Å². The third kappa shape index (κ3) is 5.14. The zero-order valence-corrected chi connectivity index (χ0v) is 19.4. The Morgan fingerprint density at radius 3 is 2.29 bits per heavy atom. The number of halogens is 4. The molecule has 0 spiro atoms. The van der Waals surface area contributed by atoms with Crippen LogP contribution in [0.3, 0.4) is 0 Å². The highest BCUT2D eigenvalue weighted by Gasteiger charge is 2.38. The number of aromatic amines is 1. The average Bonchev–Trinajstić information content (AvgIpc) is 3.29.